The van der Waals surface area contributed by atoms with Gasteiger partial charge in [-0.3, -0.25) is 10.0 Å². The van der Waals surface area contributed by atoms with E-state index in [0.29, 0.717) is 23.2 Å². The highest BCUT2D eigenvalue weighted by atomic mass is 32.2. The Kier molecular flexibility index (Phi) is 4.24. The molecule has 3 N–H and O–H groups in total. The maximum atomic E-state index is 14.1. The largest absolute Gasteiger partial charge is 0.369 e. The van der Waals surface area contributed by atoms with Crippen LogP contribution in [0.3, 0.4) is 0 Å². The van der Waals surface area contributed by atoms with Crippen LogP contribution in [0.4, 0.5) is 8.78 Å². The molecule has 2 aromatic carbocycles. The van der Waals surface area contributed by atoms with Gasteiger partial charge in [-0.15, -0.1) is 0 Å². The van der Waals surface area contributed by atoms with Crippen molar-refractivity contribution >= 4 is 17.7 Å². The topological polar surface area (TPSA) is 66.6 Å². The number of carbonyl (C=O) groups excluding carboxylic acids is 1. The SMILES string of the molecule is Cc1c(F)cccc1[C@]1(C(N)=O)CC2=C(C1)N(O)[C@@H](c1ccc(F)cc1)S2. The van der Waals surface area contributed by atoms with Crippen LogP contribution in [-0.2, 0) is 10.2 Å². The van der Waals surface area contributed by atoms with E-state index in [1.807, 2.05) is 0 Å². The van der Waals surface area contributed by atoms with E-state index in [0.717, 1.165) is 15.5 Å². The van der Waals surface area contributed by atoms with E-state index in [4.69, 9.17) is 5.73 Å². The summed E-state index contributed by atoms with van der Waals surface area (Å²) in [6.07, 6.45) is 0.505. The number of hydrogen-bond donors (Lipinski definition) is 2. The summed E-state index contributed by atoms with van der Waals surface area (Å²) in [7, 11) is 0. The lowest BCUT2D eigenvalue weighted by atomic mass is 9.75. The van der Waals surface area contributed by atoms with E-state index in [9.17, 15) is 18.8 Å². The van der Waals surface area contributed by atoms with Crippen LogP contribution >= 0.6 is 11.8 Å². The third kappa shape index (κ3) is 2.73. The fourth-order valence-electron chi connectivity index (χ4n) is 3.93. The summed E-state index contributed by atoms with van der Waals surface area (Å²) in [6, 6.07) is 10.6. The van der Waals surface area contributed by atoms with Crippen LogP contribution in [0.25, 0.3) is 0 Å². The molecule has 2 atom stereocenters. The van der Waals surface area contributed by atoms with Crippen LogP contribution in [0, 0.1) is 18.6 Å². The molecular weight excluding hydrogens is 370 g/mol. The van der Waals surface area contributed by atoms with Gasteiger partial charge in [0.05, 0.1) is 11.1 Å². The molecular formula is C20H18F2N2O2S. The average molecular weight is 388 g/mol. The Bertz CT molecular complexity index is 961. The molecule has 1 aliphatic heterocycles. The standard InChI is InChI=1S/C20H18F2N2O2S/c1-11-14(3-2-4-15(11)22)20(19(23)25)9-16-17(10-20)27-18(24(16)26)12-5-7-13(21)8-6-12/h2-8,18,26H,9-10H2,1H3,(H2,23,25)/t18-,20-/m1/s1. The molecule has 0 aromatic heterocycles. The number of allylic oxidation sites excluding steroid dienone is 2. The first-order valence-electron chi connectivity index (χ1n) is 8.51. The molecule has 0 radical (unpaired) electrons. The highest BCUT2D eigenvalue weighted by Crippen LogP contribution is 2.58. The summed E-state index contributed by atoms with van der Waals surface area (Å²) in [6.45, 7) is 1.63. The van der Waals surface area contributed by atoms with Crippen LogP contribution in [0.5, 0.6) is 0 Å². The van der Waals surface area contributed by atoms with E-state index < -0.39 is 22.5 Å². The monoisotopic (exact) mass is 388 g/mol. The summed E-state index contributed by atoms with van der Waals surface area (Å²) in [5.74, 6) is -1.28. The van der Waals surface area contributed by atoms with Crippen LogP contribution in [-0.4, -0.2) is 16.2 Å². The van der Waals surface area contributed by atoms with Crippen molar-refractivity contribution in [1.82, 2.24) is 5.06 Å². The normalized spacial score (nSPS) is 24.4. The number of primary amides is 1. The van der Waals surface area contributed by atoms with Crippen molar-refractivity contribution in [3.8, 4) is 0 Å². The molecule has 27 heavy (non-hydrogen) atoms. The Hall–Kier alpha value is -2.38. The van der Waals surface area contributed by atoms with E-state index in [1.54, 1.807) is 31.2 Å². The molecule has 0 fully saturated rings. The van der Waals surface area contributed by atoms with Gasteiger partial charge in [0, 0.05) is 11.3 Å². The highest BCUT2D eigenvalue weighted by Gasteiger charge is 2.51. The molecule has 0 unspecified atom stereocenters. The van der Waals surface area contributed by atoms with Crippen molar-refractivity contribution in [2.75, 3.05) is 0 Å². The Morgan fingerprint density at radius 1 is 1.22 bits per heavy atom. The number of halogens is 2. The van der Waals surface area contributed by atoms with Crippen molar-refractivity contribution in [1.29, 1.82) is 0 Å². The first kappa shape index (κ1) is 18.0. The van der Waals surface area contributed by atoms with E-state index in [-0.39, 0.29) is 12.2 Å². The van der Waals surface area contributed by atoms with Crippen LogP contribution in [0.2, 0.25) is 0 Å². The van der Waals surface area contributed by atoms with Crippen LogP contribution in [0.1, 0.15) is 34.9 Å². The van der Waals surface area contributed by atoms with E-state index >= 15 is 0 Å². The third-order valence-corrected chi connectivity index (χ3v) is 6.78. The number of nitrogens with two attached hydrogens (primary N) is 1. The second-order valence-electron chi connectivity index (χ2n) is 6.95. The highest BCUT2D eigenvalue weighted by molar-refractivity contribution is 8.03. The molecule has 4 rings (SSSR count). The molecule has 7 heteroatoms. The Labute approximate surface area is 159 Å². The lowest BCUT2D eigenvalue weighted by Gasteiger charge is -2.32. The minimum absolute atomic E-state index is 0.198. The number of benzene rings is 2. The van der Waals surface area contributed by atoms with Crippen molar-refractivity contribution in [3.63, 3.8) is 0 Å². The lowest BCUT2D eigenvalue weighted by Crippen LogP contribution is -2.41. The molecule has 1 heterocycles. The van der Waals surface area contributed by atoms with E-state index in [1.165, 1.54) is 30.0 Å². The lowest BCUT2D eigenvalue weighted by molar-refractivity contribution is -0.124. The fraction of sp³-hybridized carbons (Fsp3) is 0.250. The summed E-state index contributed by atoms with van der Waals surface area (Å²) in [5, 5.41) is 11.4. The third-order valence-electron chi connectivity index (χ3n) is 5.42. The molecule has 2 aromatic rings. The molecule has 1 amide bonds. The first-order valence-corrected chi connectivity index (χ1v) is 9.39. The molecule has 2 aliphatic rings. The Morgan fingerprint density at radius 3 is 2.56 bits per heavy atom. The Balaban J connectivity index is 1.67. The first-order chi connectivity index (χ1) is 12.8. The number of hydroxylamine groups is 2. The summed E-state index contributed by atoms with van der Waals surface area (Å²) < 4.78 is 27.3. The number of hydrogen-bond acceptors (Lipinski definition) is 4. The van der Waals surface area contributed by atoms with Gasteiger partial charge in [-0.2, -0.15) is 0 Å². The quantitative estimate of drug-likeness (QED) is 0.829. The number of nitrogens with zero attached hydrogens (tertiary/aromatic N) is 1. The van der Waals surface area contributed by atoms with Crippen molar-refractivity contribution in [3.05, 3.63) is 81.4 Å². The number of carbonyl (C=O) groups is 1. The molecule has 0 bridgehead atoms. The number of amides is 1. The van der Waals surface area contributed by atoms with Gasteiger partial charge in [-0.05, 0) is 48.2 Å². The molecule has 1 aliphatic carbocycles. The molecule has 4 nitrogen and oxygen atoms in total. The van der Waals surface area contributed by atoms with E-state index in [2.05, 4.69) is 0 Å². The van der Waals surface area contributed by atoms with Gasteiger partial charge in [-0.1, -0.05) is 36.0 Å². The summed E-state index contributed by atoms with van der Waals surface area (Å²) in [4.78, 5) is 13.3. The van der Waals surface area contributed by atoms with Gasteiger partial charge in [-0.25, -0.2) is 13.8 Å². The van der Waals surface area contributed by atoms with Gasteiger partial charge < -0.3 is 5.73 Å². The zero-order valence-electron chi connectivity index (χ0n) is 14.6. The van der Waals surface area contributed by atoms with Crippen LogP contribution in [0.15, 0.2) is 53.1 Å². The van der Waals surface area contributed by atoms with Crippen LogP contribution < -0.4 is 5.73 Å². The number of thioether (sulfide) groups is 1. The van der Waals surface area contributed by atoms with Gasteiger partial charge in [0.2, 0.25) is 5.91 Å². The molecule has 0 saturated carbocycles. The number of rotatable bonds is 3. The predicted octanol–water partition coefficient (Wildman–Crippen LogP) is 4.14. The smallest absolute Gasteiger partial charge is 0.228 e. The van der Waals surface area contributed by atoms with Crippen molar-refractivity contribution < 1.29 is 18.8 Å². The Morgan fingerprint density at radius 2 is 1.93 bits per heavy atom. The van der Waals surface area contributed by atoms with Crippen molar-refractivity contribution in [2.24, 2.45) is 5.73 Å². The fourth-order valence-corrected chi connectivity index (χ4v) is 5.35. The molecule has 140 valence electrons. The molecule has 0 spiro atoms. The van der Waals surface area contributed by atoms with Gasteiger partial charge in [0.25, 0.3) is 0 Å². The molecule has 0 saturated heterocycles. The van der Waals surface area contributed by atoms with Crippen molar-refractivity contribution in [2.45, 2.75) is 30.6 Å². The zero-order chi connectivity index (χ0) is 19.3. The average Bonchev–Trinajstić information content (AvgIpc) is 3.15. The summed E-state index contributed by atoms with van der Waals surface area (Å²) >= 11 is 1.40. The maximum absolute atomic E-state index is 14.1. The minimum Gasteiger partial charge on any atom is -0.369 e. The second-order valence-corrected chi connectivity index (χ2v) is 8.12. The summed E-state index contributed by atoms with van der Waals surface area (Å²) in [5.41, 5.74) is 6.98. The zero-order valence-corrected chi connectivity index (χ0v) is 15.4. The minimum atomic E-state index is -1.08. The van der Waals surface area contributed by atoms with Gasteiger partial charge in [0.1, 0.15) is 17.0 Å². The van der Waals surface area contributed by atoms with Gasteiger partial charge in [0.15, 0.2) is 0 Å². The second kappa shape index (κ2) is 6.35. The maximum Gasteiger partial charge on any atom is 0.228 e. The van der Waals surface area contributed by atoms with Gasteiger partial charge >= 0.3 is 0 Å². The predicted molar refractivity (Wildman–Crippen MR) is 98.6 cm³/mol.